The lowest BCUT2D eigenvalue weighted by Gasteiger charge is -2.10. The van der Waals surface area contributed by atoms with E-state index in [1.807, 2.05) is 47.9 Å². The molecule has 0 unspecified atom stereocenters. The Hall–Kier alpha value is -3.15. The summed E-state index contributed by atoms with van der Waals surface area (Å²) >= 11 is 0. The molecule has 6 heteroatoms. The Bertz CT molecular complexity index is 903. The van der Waals surface area contributed by atoms with E-state index in [9.17, 15) is 9.59 Å². The number of aryl methyl sites for hydroxylation is 1. The number of para-hydroxylation sites is 1. The van der Waals surface area contributed by atoms with Gasteiger partial charge < -0.3 is 15.2 Å². The van der Waals surface area contributed by atoms with E-state index in [2.05, 4.69) is 21.7 Å². The van der Waals surface area contributed by atoms with Crippen molar-refractivity contribution in [2.75, 3.05) is 6.54 Å². The predicted octanol–water partition coefficient (Wildman–Crippen LogP) is 2.17. The summed E-state index contributed by atoms with van der Waals surface area (Å²) in [5, 5.41) is 6.76. The van der Waals surface area contributed by atoms with Crippen LogP contribution >= 0.6 is 0 Å². The Balaban J connectivity index is 1.44. The SMILES string of the molecule is Cc1cc2ccccc2n1CC(=O)NCCC(=O)NCc1ccncc1. The van der Waals surface area contributed by atoms with Gasteiger partial charge in [-0.15, -0.1) is 0 Å². The van der Waals surface area contributed by atoms with Crippen LogP contribution in [0.4, 0.5) is 0 Å². The minimum Gasteiger partial charge on any atom is -0.354 e. The average molecular weight is 350 g/mol. The predicted molar refractivity (Wildman–Crippen MR) is 100 cm³/mol. The molecule has 0 fully saturated rings. The van der Waals surface area contributed by atoms with Crippen molar-refractivity contribution in [1.82, 2.24) is 20.2 Å². The number of nitrogens with one attached hydrogen (secondary N) is 2. The molecule has 0 aliphatic carbocycles. The second kappa shape index (κ2) is 8.29. The molecule has 0 aliphatic rings. The molecule has 2 aromatic heterocycles. The maximum atomic E-state index is 12.2. The van der Waals surface area contributed by atoms with E-state index in [1.54, 1.807) is 12.4 Å². The highest BCUT2D eigenvalue weighted by Gasteiger charge is 2.09. The van der Waals surface area contributed by atoms with E-state index in [4.69, 9.17) is 0 Å². The van der Waals surface area contributed by atoms with E-state index >= 15 is 0 Å². The van der Waals surface area contributed by atoms with Gasteiger partial charge in [-0.25, -0.2) is 0 Å². The second-order valence-electron chi connectivity index (χ2n) is 6.16. The van der Waals surface area contributed by atoms with Crippen LogP contribution in [0.1, 0.15) is 17.7 Å². The Morgan fingerprint density at radius 2 is 1.81 bits per heavy atom. The number of hydrogen-bond donors (Lipinski definition) is 2. The molecule has 6 nitrogen and oxygen atoms in total. The van der Waals surface area contributed by atoms with Crippen molar-refractivity contribution >= 4 is 22.7 Å². The van der Waals surface area contributed by atoms with E-state index < -0.39 is 0 Å². The number of rotatable bonds is 7. The summed E-state index contributed by atoms with van der Waals surface area (Å²) in [5.74, 6) is -0.193. The largest absolute Gasteiger partial charge is 0.354 e. The van der Waals surface area contributed by atoms with Crippen molar-refractivity contribution < 1.29 is 9.59 Å². The van der Waals surface area contributed by atoms with Crippen LogP contribution in [0.2, 0.25) is 0 Å². The zero-order chi connectivity index (χ0) is 18.4. The molecule has 3 aromatic rings. The third kappa shape index (κ3) is 4.47. The summed E-state index contributed by atoms with van der Waals surface area (Å²) in [7, 11) is 0. The van der Waals surface area contributed by atoms with Crippen LogP contribution in [-0.2, 0) is 22.7 Å². The number of nitrogens with zero attached hydrogens (tertiary/aromatic N) is 2. The van der Waals surface area contributed by atoms with Crippen LogP contribution in [0.5, 0.6) is 0 Å². The maximum Gasteiger partial charge on any atom is 0.239 e. The summed E-state index contributed by atoms with van der Waals surface area (Å²) in [6.07, 6.45) is 3.63. The average Bonchev–Trinajstić information content (AvgIpc) is 2.96. The smallest absolute Gasteiger partial charge is 0.239 e. The van der Waals surface area contributed by atoms with E-state index in [0.29, 0.717) is 13.1 Å². The van der Waals surface area contributed by atoms with Crippen molar-refractivity contribution in [3.8, 4) is 0 Å². The molecule has 0 radical (unpaired) electrons. The highest BCUT2D eigenvalue weighted by atomic mass is 16.2. The lowest BCUT2D eigenvalue weighted by Crippen LogP contribution is -2.32. The normalized spacial score (nSPS) is 10.7. The fourth-order valence-corrected chi connectivity index (χ4v) is 2.86. The molecule has 2 heterocycles. The molecule has 0 aliphatic heterocycles. The topological polar surface area (TPSA) is 76.0 Å². The van der Waals surface area contributed by atoms with Crippen LogP contribution in [-0.4, -0.2) is 27.9 Å². The van der Waals surface area contributed by atoms with Gasteiger partial charge in [0.25, 0.3) is 0 Å². The Morgan fingerprint density at radius 1 is 1.04 bits per heavy atom. The monoisotopic (exact) mass is 350 g/mol. The highest BCUT2D eigenvalue weighted by molar-refractivity contribution is 5.84. The van der Waals surface area contributed by atoms with Crippen molar-refractivity contribution in [2.45, 2.75) is 26.4 Å². The Morgan fingerprint density at radius 3 is 2.62 bits per heavy atom. The number of hydrogen-bond acceptors (Lipinski definition) is 3. The van der Waals surface area contributed by atoms with Crippen LogP contribution < -0.4 is 10.6 Å². The van der Waals surface area contributed by atoms with Gasteiger partial charge in [-0.3, -0.25) is 14.6 Å². The first-order valence-corrected chi connectivity index (χ1v) is 8.60. The van der Waals surface area contributed by atoms with Crippen LogP contribution in [0.15, 0.2) is 54.9 Å². The van der Waals surface area contributed by atoms with Gasteiger partial charge in [0.15, 0.2) is 0 Å². The van der Waals surface area contributed by atoms with Gasteiger partial charge in [-0.2, -0.15) is 0 Å². The molecule has 2 amide bonds. The van der Waals surface area contributed by atoms with E-state index in [0.717, 1.165) is 22.2 Å². The summed E-state index contributed by atoms with van der Waals surface area (Å²) in [4.78, 5) is 28.0. The fraction of sp³-hybridized carbons (Fsp3) is 0.250. The van der Waals surface area contributed by atoms with Gasteiger partial charge in [0.05, 0.1) is 0 Å². The quantitative estimate of drug-likeness (QED) is 0.686. The summed E-state index contributed by atoms with van der Waals surface area (Å²) in [6, 6.07) is 13.7. The standard InChI is InChI=1S/C20H22N4O2/c1-15-12-17-4-2-3-5-18(17)24(15)14-20(26)22-11-8-19(25)23-13-16-6-9-21-10-7-16/h2-7,9-10,12H,8,11,13-14H2,1H3,(H,22,26)(H,23,25). The van der Waals surface area contributed by atoms with E-state index in [1.165, 1.54) is 0 Å². The van der Waals surface area contributed by atoms with Crippen LogP contribution in [0, 0.1) is 6.92 Å². The maximum absolute atomic E-state index is 12.2. The summed E-state index contributed by atoms with van der Waals surface area (Å²) in [5.41, 5.74) is 3.07. The number of fused-ring (bicyclic) bond motifs is 1. The molecule has 0 saturated carbocycles. The van der Waals surface area contributed by atoms with Gasteiger partial charge in [0.1, 0.15) is 6.54 Å². The Kier molecular flexibility index (Phi) is 5.63. The number of pyridine rings is 1. The van der Waals surface area contributed by atoms with Gasteiger partial charge in [0, 0.05) is 43.1 Å². The molecule has 1 aromatic carbocycles. The number of aromatic nitrogens is 2. The minimum absolute atomic E-state index is 0.0929. The van der Waals surface area contributed by atoms with Gasteiger partial charge in [0.2, 0.25) is 11.8 Å². The van der Waals surface area contributed by atoms with Crippen molar-refractivity contribution in [1.29, 1.82) is 0 Å². The minimum atomic E-state index is -0.101. The molecular weight excluding hydrogens is 328 g/mol. The fourth-order valence-electron chi connectivity index (χ4n) is 2.86. The van der Waals surface area contributed by atoms with Crippen molar-refractivity contribution in [3.05, 3.63) is 66.1 Å². The zero-order valence-corrected chi connectivity index (χ0v) is 14.7. The first kappa shape index (κ1) is 17.7. The molecule has 0 spiro atoms. The molecular formula is C20H22N4O2. The van der Waals surface area contributed by atoms with E-state index in [-0.39, 0.29) is 24.8 Å². The lowest BCUT2D eigenvalue weighted by molar-refractivity contribution is -0.122. The third-order valence-electron chi connectivity index (χ3n) is 4.23. The number of carbonyl (C=O) groups excluding carboxylic acids is 2. The first-order valence-electron chi connectivity index (χ1n) is 8.60. The van der Waals surface area contributed by atoms with Crippen LogP contribution in [0.25, 0.3) is 10.9 Å². The van der Waals surface area contributed by atoms with Crippen molar-refractivity contribution in [2.24, 2.45) is 0 Å². The molecule has 0 bridgehead atoms. The molecule has 2 N–H and O–H groups in total. The number of amides is 2. The lowest BCUT2D eigenvalue weighted by atomic mass is 10.2. The zero-order valence-electron chi connectivity index (χ0n) is 14.7. The van der Waals surface area contributed by atoms with Gasteiger partial charge in [-0.05, 0) is 42.1 Å². The Labute approximate surface area is 152 Å². The van der Waals surface area contributed by atoms with Crippen molar-refractivity contribution in [3.63, 3.8) is 0 Å². The molecule has 0 saturated heterocycles. The number of carbonyl (C=O) groups is 2. The van der Waals surface area contributed by atoms with Gasteiger partial charge in [-0.1, -0.05) is 18.2 Å². The molecule has 3 rings (SSSR count). The number of benzene rings is 1. The van der Waals surface area contributed by atoms with Gasteiger partial charge >= 0.3 is 0 Å². The summed E-state index contributed by atoms with van der Waals surface area (Å²) < 4.78 is 1.98. The van der Waals surface area contributed by atoms with Crippen LogP contribution in [0.3, 0.4) is 0 Å². The molecule has 26 heavy (non-hydrogen) atoms. The molecule has 0 atom stereocenters. The first-order chi connectivity index (χ1) is 12.6. The highest BCUT2D eigenvalue weighted by Crippen LogP contribution is 2.18. The molecule has 134 valence electrons. The third-order valence-corrected chi connectivity index (χ3v) is 4.23. The summed E-state index contributed by atoms with van der Waals surface area (Å²) in [6.45, 7) is 3.01. The second-order valence-corrected chi connectivity index (χ2v) is 6.16.